The van der Waals surface area contributed by atoms with Gasteiger partial charge in [-0.1, -0.05) is 13.8 Å². The molecule has 20 heavy (non-hydrogen) atoms. The summed E-state index contributed by atoms with van der Waals surface area (Å²) in [5.74, 6) is -0.745. The zero-order chi connectivity index (χ0) is 15.3. The van der Waals surface area contributed by atoms with E-state index in [4.69, 9.17) is 5.73 Å². The molecule has 0 bridgehead atoms. The molecule has 4 N–H and O–H groups in total. The van der Waals surface area contributed by atoms with Crippen molar-refractivity contribution in [2.24, 2.45) is 18.7 Å². The topological polar surface area (TPSA) is 106 Å². The van der Waals surface area contributed by atoms with Gasteiger partial charge in [-0.3, -0.25) is 14.4 Å². The first-order valence-corrected chi connectivity index (χ1v) is 6.31. The number of amides is 2. The van der Waals surface area contributed by atoms with Crippen molar-refractivity contribution in [3.8, 4) is 0 Å². The third-order valence-electron chi connectivity index (χ3n) is 2.81. The molecule has 0 saturated heterocycles. The molecule has 110 valence electrons. The number of carbonyl (C=O) groups is 2. The van der Waals surface area contributed by atoms with Crippen molar-refractivity contribution >= 4 is 17.5 Å². The van der Waals surface area contributed by atoms with Crippen LogP contribution in [0.2, 0.25) is 0 Å². The normalized spacial score (nSPS) is 12.1. The van der Waals surface area contributed by atoms with Gasteiger partial charge in [0.05, 0.1) is 18.3 Å². The van der Waals surface area contributed by atoms with Crippen LogP contribution in [0.1, 0.15) is 13.8 Å². The summed E-state index contributed by atoms with van der Waals surface area (Å²) in [5.41, 5.74) is 5.97. The summed E-state index contributed by atoms with van der Waals surface area (Å²) in [6, 6.07) is 2.21. The zero-order valence-electron chi connectivity index (χ0n) is 11.8. The summed E-state index contributed by atoms with van der Waals surface area (Å²) in [6.07, 6.45) is 1.50. The quantitative estimate of drug-likeness (QED) is 0.671. The second kappa shape index (κ2) is 6.85. The van der Waals surface area contributed by atoms with Crippen molar-refractivity contribution in [3.63, 3.8) is 0 Å². The molecule has 1 aromatic heterocycles. The van der Waals surface area contributed by atoms with Gasteiger partial charge in [0, 0.05) is 19.3 Å². The van der Waals surface area contributed by atoms with Gasteiger partial charge in [-0.05, 0) is 12.0 Å². The maximum atomic E-state index is 11.7. The predicted molar refractivity (Wildman–Crippen MR) is 76.1 cm³/mol. The van der Waals surface area contributed by atoms with E-state index >= 15 is 0 Å². The third-order valence-corrected chi connectivity index (χ3v) is 2.81. The average molecular weight is 280 g/mol. The number of aromatic nitrogens is 1. The molecular weight excluding hydrogens is 260 g/mol. The molecular formula is C13H20N4O3. The number of aryl methyl sites for hydroxylation is 1. The van der Waals surface area contributed by atoms with Crippen molar-refractivity contribution < 1.29 is 9.59 Å². The Balaban J connectivity index is 2.50. The van der Waals surface area contributed by atoms with E-state index in [1.54, 1.807) is 7.05 Å². The van der Waals surface area contributed by atoms with Gasteiger partial charge in [0.25, 0.3) is 0 Å². The van der Waals surface area contributed by atoms with Gasteiger partial charge in [0.2, 0.25) is 17.4 Å². The summed E-state index contributed by atoms with van der Waals surface area (Å²) >= 11 is 0. The average Bonchev–Trinajstić information content (AvgIpc) is 2.39. The van der Waals surface area contributed by atoms with Crippen molar-refractivity contribution in [1.82, 2.24) is 9.88 Å². The second-order valence-electron chi connectivity index (χ2n) is 4.90. The van der Waals surface area contributed by atoms with Gasteiger partial charge in [-0.2, -0.15) is 0 Å². The first-order valence-electron chi connectivity index (χ1n) is 6.31. The van der Waals surface area contributed by atoms with E-state index in [-0.39, 0.29) is 29.8 Å². The predicted octanol–water partition coefficient (Wildman–Crippen LogP) is -0.577. The van der Waals surface area contributed by atoms with Crippen LogP contribution in [-0.4, -0.2) is 29.0 Å². The van der Waals surface area contributed by atoms with E-state index in [0.717, 1.165) is 0 Å². The first kappa shape index (κ1) is 15.9. The molecule has 0 aromatic carbocycles. The number of nitrogens with one attached hydrogen (secondary N) is 2. The van der Waals surface area contributed by atoms with Crippen LogP contribution in [0.25, 0.3) is 0 Å². The Hall–Kier alpha value is -2.15. The fourth-order valence-electron chi connectivity index (χ4n) is 1.46. The Bertz CT molecular complexity index is 551. The van der Waals surface area contributed by atoms with Crippen molar-refractivity contribution in [1.29, 1.82) is 0 Å². The van der Waals surface area contributed by atoms with Crippen LogP contribution in [0.5, 0.6) is 0 Å². The van der Waals surface area contributed by atoms with Crippen molar-refractivity contribution in [2.45, 2.75) is 19.9 Å². The molecule has 0 unspecified atom stereocenters. The number of rotatable bonds is 5. The van der Waals surface area contributed by atoms with E-state index < -0.39 is 6.04 Å². The summed E-state index contributed by atoms with van der Waals surface area (Å²) in [5, 5.41) is 5.04. The molecule has 7 heteroatoms. The van der Waals surface area contributed by atoms with E-state index in [9.17, 15) is 14.4 Å². The molecule has 1 atom stereocenters. The van der Waals surface area contributed by atoms with Gasteiger partial charge >= 0.3 is 0 Å². The van der Waals surface area contributed by atoms with Crippen LogP contribution in [0, 0.1) is 5.92 Å². The fourth-order valence-corrected chi connectivity index (χ4v) is 1.46. The highest BCUT2D eigenvalue weighted by atomic mass is 16.2. The highest BCUT2D eigenvalue weighted by Gasteiger charge is 2.17. The Kier molecular flexibility index (Phi) is 5.45. The third kappa shape index (κ3) is 4.51. The SMILES string of the molecule is CC(C)[C@H](N)C(=O)NCC(=O)Nc1ccc(=O)n(C)c1. The molecule has 1 heterocycles. The number of anilines is 1. The Morgan fingerprint density at radius 2 is 2.00 bits per heavy atom. The van der Waals surface area contributed by atoms with Gasteiger partial charge in [0.1, 0.15) is 0 Å². The number of hydrogen-bond donors (Lipinski definition) is 3. The van der Waals surface area contributed by atoms with Crippen molar-refractivity contribution in [3.05, 3.63) is 28.7 Å². The number of pyridine rings is 1. The van der Waals surface area contributed by atoms with Gasteiger partial charge in [-0.25, -0.2) is 0 Å². The maximum Gasteiger partial charge on any atom is 0.250 e. The molecule has 0 aliphatic carbocycles. The fraction of sp³-hybridized carbons (Fsp3) is 0.462. The molecule has 0 aliphatic heterocycles. The minimum Gasteiger partial charge on any atom is -0.346 e. The molecule has 0 spiro atoms. The molecule has 0 fully saturated rings. The molecule has 7 nitrogen and oxygen atoms in total. The van der Waals surface area contributed by atoms with Crippen LogP contribution in [-0.2, 0) is 16.6 Å². The Labute approximate surface area is 117 Å². The van der Waals surface area contributed by atoms with E-state index in [0.29, 0.717) is 5.69 Å². The number of hydrogen-bond acceptors (Lipinski definition) is 4. The number of carbonyl (C=O) groups excluding carboxylic acids is 2. The maximum absolute atomic E-state index is 11.7. The minimum atomic E-state index is -0.639. The highest BCUT2D eigenvalue weighted by Crippen LogP contribution is 2.02. The zero-order valence-corrected chi connectivity index (χ0v) is 11.8. The summed E-state index contributed by atoms with van der Waals surface area (Å²) in [4.78, 5) is 34.4. The summed E-state index contributed by atoms with van der Waals surface area (Å²) in [6.45, 7) is 3.49. The lowest BCUT2D eigenvalue weighted by Gasteiger charge is -2.15. The first-order chi connectivity index (χ1) is 9.31. The monoisotopic (exact) mass is 280 g/mol. The minimum absolute atomic E-state index is 0.00158. The van der Waals surface area contributed by atoms with Crippen LogP contribution in [0.4, 0.5) is 5.69 Å². The standard InChI is InChI=1S/C13H20N4O3/c1-8(2)12(14)13(20)15-6-10(18)16-9-4-5-11(19)17(3)7-9/h4-5,7-8,12H,6,14H2,1-3H3,(H,15,20)(H,16,18)/t12-/m0/s1. The van der Waals surface area contributed by atoms with Crippen LogP contribution < -0.4 is 21.9 Å². The Morgan fingerprint density at radius 3 is 2.55 bits per heavy atom. The largest absolute Gasteiger partial charge is 0.346 e. The molecule has 0 radical (unpaired) electrons. The summed E-state index contributed by atoms with van der Waals surface area (Å²) < 4.78 is 1.35. The Morgan fingerprint density at radius 1 is 1.35 bits per heavy atom. The molecule has 1 rings (SSSR count). The number of nitrogens with zero attached hydrogens (tertiary/aromatic N) is 1. The molecule has 1 aromatic rings. The number of nitrogens with two attached hydrogens (primary N) is 1. The van der Waals surface area contributed by atoms with Crippen molar-refractivity contribution in [2.75, 3.05) is 11.9 Å². The van der Waals surface area contributed by atoms with Gasteiger partial charge in [-0.15, -0.1) is 0 Å². The molecule has 0 saturated carbocycles. The van der Waals surface area contributed by atoms with Crippen LogP contribution in [0.3, 0.4) is 0 Å². The van der Waals surface area contributed by atoms with Crippen LogP contribution >= 0.6 is 0 Å². The lowest BCUT2D eigenvalue weighted by atomic mass is 10.1. The second-order valence-corrected chi connectivity index (χ2v) is 4.90. The highest BCUT2D eigenvalue weighted by molar-refractivity contribution is 5.95. The van der Waals surface area contributed by atoms with Gasteiger partial charge in [0.15, 0.2) is 0 Å². The lowest BCUT2D eigenvalue weighted by Crippen LogP contribution is -2.46. The van der Waals surface area contributed by atoms with Crippen LogP contribution in [0.15, 0.2) is 23.1 Å². The lowest BCUT2D eigenvalue weighted by molar-refractivity contribution is -0.125. The van der Waals surface area contributed by atoms with E-state index in [2.05, 4.69) is 10.6 Å². The summed E-state index contributed by atoms with van der Waals surface area (Å²) in [7, 11) is 1.58. The smallest absolute Gasteiger partial charge is 0.250 e. The van der Waals surface area contributed by atoms with E-state index in [1.165, 1.54) is 22.9 Å². The molecule has 0 aliphatic rings. The molecule has 2 amide bonds. The van der Waals surface area contributed by atoms with E-state index in [1.807, 2.05) is 13.8 Å². The van der Waals surface area contributed by atoms with Gasteiger partial charge < -0.3 is 20.9 Å².